The molecule has 0 fully saturated rings. The van der Waals surface area contributed by atoms with E-state index in [2.05, 4.69) is 0 Å². The van der Waals surface area contributed by atoms with Gasteiger partial charge >= 0.3 is 6.18 Å². The first-order valence-electron chi connectivity index (χ1n) is 5.79. The normalized spacial score (nSPS) is 13.8. The zero-order valence-corrected chi connectivity index (χ0v) is 10.1. The SMILES string of the molecule is CCCC[C@@H](N)c1ccc(C)c(C(F)(F)F)c1. The largest absolute Gasteiger partial charge is 0.416 e. The molecule has 1 rings (SSSR count). The predicted molar refractivity (Wildman–Crippen MR) is 62.6 cm³/mol. The molecule has 0 unspecified atom stereocenters. The summed E-state index contributed by atoms with van der Waals surface area (Å²) in [7, 11) is 0. The summed E-state index contributed by atoms with van der Waals surface area (Å²) < 4.78 is 38.1. The maximum absolute atomic E-state index is 12.7. The Labute approximate surface area is 99.8 Å². The number of hydrogen-bond acceptors (Lipinski definition) is 1. The Bertz CT molecular complexity index is 371. The van der Waals surface area contributed by atoms with Crippen molar-refractivity contribution in [1.29, 1.82) is 0 Å². The van der Waals surface area contributed by atoms with Gasteiger partial charge in [0.25, 0.3) is 0 Å². The van der Waals surface area contributed by atoms with Crippen LogP contribution in [0.1, 0.15) is 48.9 Å². The standard InChI is InChI=1S/C13H18F3N/c1-3-4-5-12(17)10-7-6-9(2)11(8-10)13(14,15)16/h6-8,12H,3-5,17H2,1-2H3/t12-/m1/s1. The van der Waals surface area contributed by atoms with Gasteiger partial charge in [0.05, 0.1) is 5.56 Å². The molecule has 0 bridgehead atoms. The van der Waals surface area contributed by atoms with E-state index in [0.717, 1.165) is 19.3 Å². The third-order valence-electron chi connectivity index (χ3n) is 2.86. The molecule has 0 spiro atoms. The topological polar surface area (TPSA) is 26.0 Å². The van der Waals surface area contributed by atoms with Gasteiger partial charge < -0.3 is 5.73 Å². The van der Waals surface area contributed by atoms with E-state index in [1.54, 1.807) is 6.07 Å². The quantitative estimate of drug-likeness (QED) is 0.845. The fourth-order valence-electron chi connectivity index (χ4n) is 1.77. The Hall–Kier alpha value is -1.03. The van der Waals surface area contributed by atoms with E-state index >= 15 is 0 Å². The molecule has 0 aliphatic carbocycles. The fourth-order valence-corrected chi connectivity index (χ4v) is 1.77. The summed E-state index contributed by atoms with van der Waals surface area (Å²) in [6.45, 7) is 3.49. The van der Waals surface area contributed by atoms with E-state index in [0.29, 0.717) is 5.56 Å². The van der Waals surface area contributed by atoms with Crippen molar-refractivity contribution >= 4 is 0 Å². The highest BCUT2D eigenvalue weighted by molar-refractivity contribution is 5.34. The summed E-state index contributed by atoms with van der Waals surface area (Å²) in [5.74, 6) is 0. The Kier molecular flexibility index (Phi) is 4.57. The Balaban J connectivity index is 2.96. The van der Waals surface area contributed by atoms with Gasteiger partial charge in [-0.15, -0.1) is 0 Å². The average Bonchev–Trinajstić information content (AvgIpc) is 2.25. The zero-order chi connectivity index (χ0) is 13.1. The Morgan fingerprint density at radius 3 is 2.47 bits per heavy atom. The molecule has 0 amide bonds. The zero-order valence-electron chi connectivity index (χ0n) is 10.1. The molecule has 2 N–H and O–H groups in total. The first-order chi connectivity index (χ1) is 7.86. The van der Waals surface area contributed by atoms with Crippen molar-refractivity contribution in [2.75, 3.05) is 0 Å². The van der Waals surface area contributed by atoms with Crippen molar-refractivity contribution in [3.8, 4) is 0 Å². The lowest BCUT2D eigenvalue weighted by Gasteiger charge is -2.16. The lowest BCUT2D eigenvalue weighted by atomic mass is 9.97. The van der Waals surface area contributed by atoms with Crippen molar-refractivity contribution in [2.45, 2.75) is 45.3 Å². The van der Waals surface area contributed by atoms with Gasteiger partial charge in [-0.25, -0.2) is 0 Å². The van der Waals surface area contributed by atoms with E-state index in [1.807, 2.05) is 6.92 Å². The van der Waals surface area contributed by atoms with E-state index in [9.17, 15) is 13.2 Å². The Morgan fingerprint density at radius 2 is 1.94 bits per heavy atom. The van der Waals surface area contributed by atoms with Gasteiger partial charge in [-0.3, -0.25) is 0 Å². The summed E-state index contributed by atoms with van der Waals surface area (Å²) >= 11 is 0. The molecule has 4 heteroatoms. The van der Waals surface area contributed by atoms with Gasteiger partial charge in [0, 0.05) is 6.04 Å². The molecule has 0 saturated heterocycles. The second-order valence-electron chi connectivity index (χ2n) is 4.32. The van der Waals surface area contributed by atoms with Crippen LogP contribution in [0.15, 0.2) is 18.2 Å². The third-order valence-corrected chi connectivity index (χ3v) is 2.86. The van der Waals surface area contributed by atoms with Gasteiger partial charge in [-0.2, -0.15) is 13.2 Å². The maximum atomic E-state index is 12.7. The lowest BCUT2D eigenvalue weighted by molar-refractivity contribution is -0.138. The van der Waals surface area contributed by atoms with Gasteiger partial charge in [-0.05, 0) is 30.5 Å². The first-order valence-corrected chi connectivity index (χ1v) is 5.79. The van der Waals surface area contributed by atoms with Crippen LogP contribution in [0.3, 0.4) is 0 Å². The van der Waals surface area contributed by atoms with Crippen LogP contribution in [0.5, 0.6) is 0 Å². The predicted octanol–water partition coefficient (Wildman–Crippen LogP) is 4.20. The Morgan fingerprint density at radius 1 is 1.29 bits per heavy atom. The molecule has 0 aliphatic heterocycles. The van der Waals surface area contributed by atoms with Crippen molar-refractivity contribution in [1.82, 2.24) is 0 Å². The molecule has 0 saturated carbocycles. The molecule has 0 aromatic heterocycles. The molecule has 1 aromatic rings. The van der Waals surface area contributed by atoms with Crippen LogP contribution in [0.2, 0.25) is 0 Å². The fraction of sp³-hybridized carbons (Fsp3) is 0.538. The number of aryl methyl sites for hydroxylation is 1. The highest BCUT2D eigenvalue weighted by atomic mass is 19.4. The van der Waals surface area contributed by atoms with Crippen molar-refractivity contribution < 1.29 is 13.2 Å². The van der Waals surface area contributed by atoms with Crippen LogP contribution in [-0.4, -0.2) is 0 Å². The smallest absolute Gasteiger partial charge is 0.324 e. The number of benzene rings is 1. The molecule has 0 radical (unpaired) electrons. The van der Waals surface area contributed by atoms with Gasteiger partial charge in [0.15, 0.2) is 0 Å². The number of halogens is 3. The van der Waals surface area contributed by atoms with E-state index in [4.69, 9.17) is 5.73 Å². The van der Waals surface area contributed by atoms with Crippen LogP contribution < -0.4 is 5.73 Å². The van der Waals surface area contributed by atoms with Crippen LogP contribution in [0.25, 0.3) is 0 Å². The summed E-state index contributed by atoms with van der Waals surface area (Å²) in [5.41, 5.74) is 6.10. The van der Waals surface area contributed by atoms with Crippen molar-refractivity contribution in [3.63, 3.8) is 0 Å². The van der Waals surface area contributed by atoms with Gasteiger partial charge in [0.1, 0.15) is 0 Å². The van der Waals surface area contributed by atoms with Crippen LogP contribution >= 0.6 is 0 Å². The summed E-state index contributed by atoms with van der Waals surface area (Å²) in [5, 5.41) is 0. The maximum Gasteiger partial charge on any atom is 0.416 e. The van der Waals surface area contributed by atoms with E-state index < -0.39 is 11.7 Å². The van der Waals surface area contributed by atoms with Crippen LogP contribution in [-0.2, 0) is 6.18 Å². The second-order valence-corrected chi connectivity index (χ2v) is 4.32. The third kappa shape index (κ3) is 3.73. The van der Waals surface area contributed by atoms with E-state index in [1.165, 1.54) is 19.1 Å². The molecule has 1 nitrogen and oxygen atoms in total. The minimum absolute atomic E-state index is 0.240. The van der Waals surface area contributed by atoms with Gasteiger partial charge in [0.2, 0.25) is 0 Å². The number of unbranched alkanes of at least 4 members (excludes halogenated alkanes) is 1. The van der Waals surface area contributed by atoms with Crippen molar-refractivity contribution in [2.24, 2.45) is 5.73 Å². The molecule has 96 valence electrons. The molecule has 17 heavy (non-hydrogen) atoms. The summed E-state index contributed by atoms with van der Waals surface area (Å²) in [6, 6.07) is 4.04. The van der Waals surface area contributed by atoms with Crippen molar-refractivity contribution in [3.05, 3.63) is 34.9 Å². The summed E-state index contributed by atoms with van der Waals surface area (Å²) in [4.78, 5) is 0. The molecular formula is C13H18F3N. The number of rotatable bonds is 4. The number of alkyl halides is 3. The number of hydrogen-bond donors (Lipinski definition) is 1. The average molecular weight is 245 g/mol. The van der Waals surface area contributed by atoms with Gasteiger partial charge in [-0.1, -0.05) is 31.9 Å². The first kappa shape index (κ1) is 14.0. The lowest BCUT2D eigenvalue weighted by Crippen LogP contribution is -2.13. The monoisotopic (exact) mass is 245 g/mol. The van der Waals surface area contributed by atoms with E-state index in [-0.39, 0.29) is 11.6 Å². The molecule has 1 atom stereocenters. The van der Waals surface area contributed by atoms with Crippen LogP contribution in [0.4, 0.5) is 13.2 Å². The second kappa shape index (κ2) is 5.54. The highest BCUT2D eigenvalue weighted by Gasteiger charge is 2.32. The molecule has 1 aromatic carbocycles. The number of nitrogens with two attached hydrogens (primary N) is 1. The highest BCUT2D eigenvalue weighted by Crippen LogP contribution is 2.33. The molecule has 0 heterocycles. The minimum atomic E-state index is -4.30. The summed E-state index contributed by atoms with van der Waals surface area (Å²) in [6.07, 6.45) is -1.66. The molecule has 0 aliphatic rings. The minimum Gasteiger partial charge on any atom is -0.324 e. The molecular weight excluding hydrogens is 227 g/mol. The van der Waals surface area contributed by atoms with Crippen LogP contribution in [0, 0.1) is 6.92 Å².